The summed E-state index contributed by atoms with van der Waals surface area (Å²) in [6.07, 6.45) is 13.9. The Labute approximate surface area is 212 Å². The summed E-state index contributed by atoms with van der Waals surface area (Å²) in [5.74, 6) is 0. The molecular weight excluding hydrogens is 438 g/mol. The van der Waals surface area contributed by atoms with E-state index >= 15 is 0 Å². The third-order valence-electron chi connectivity index (χ3n) is 7.29. The second kappa shape index (κ2) is 9.79. The van der Waals surface area contributed by atoms with Crippen LogP contribution in [0.2, 0.25) is 0 Å². The number of hydrogen-bond acceptors (Lipinski definition) is 3. The molecule has 0 amide bonds. The van der Waals surface area contributed by atoms with Crippen molar-refractivity contribution in [1.29, 1.82) is 0 Å². The molecule has 0 bridgehead atoms. The quantitative estimate of drug-likeness (QED) is 0.271. The summed E-state index contributed by atoms with van der Waals surface area (Å²) in [4.78, 5) is 0. The van der Waals surface area contributed by atoms with E-state index in [0.717, 1.165) is 29.3 Å². The van der Waals surface area contributed by atoms with Crippen molar-refractivity contribution in [3.8, 4) is 0 Å². The van der Waals surface area contributed by atoms with E-state index in [4.69, 9.17) is 5.73 Å². The molecule has 2 N–H and O–H groups in total. The average molecular weight is 468 g/mol. The molecule has 4 aromatic carbocycles. The number of aryl methyl sites for hydroxylation is 1. The van der Waals surface area contributed by atoms with Gasteiger partial charge in [-0.1, -0.05) is 84.5 Å². The third-order valence-corrected chi connectivity index (χ3v) is 7.29. The lowest BCUT2D eigenvalue weighted by Crippen LogP contribution is -2.08. The van der Waals surface area contributed by atoms with Gasteiger partial charge in [0.1, 0.15) is 0 Å². The van der Waals surface area contributed by atoms with Crippen LogP contribution in [0.1, 0.15) is 41.5 Å². The highest BCUT2D eigenvalue weighted by molar-refractivity contribution is 5.96. The van der Waals surface area contributed by atoms with Gasteiger partial charge in [0, 0.05) is 16.5 Å². The predicted molar refractivity (Wildman–Crippen MR) is 151 cm³/mol. The summed E-state index contributed by atoms with van der Waals surface area (Å²) in [7, 11) is 0. The van der Waals surface area contributed by atoms with Gasteiger partial charge in [0.15, 0.2) is 0 Å². The summed E-state index contributed by atoms with van der Waals surface area (Å²) in [5, 5.41) is 12.6. The molecule has 0 spiro atoms. The molecule has 0 radical (unpaired) electrons. The first-order valence-electron chi connectivity index (χ1n) is 12.7. The van der Waals surface area contributed by atoms with Crippen LogP contribution in [0.5, 0.6) is 0 Å². The van der Waals surface area contributed by atoms with Crippen LogP contribution in [0.15, 0.2) is 109 Å². The SMILES string of the molecule is Nc1cccc(Cc2cccc3ccc4c(c23)CCC2=C4C=CCC2)c1.c1ccc2cnncc2c1. The van der Waals surface area contributed by atoms with Crippen LogP contribution < -0.4 is 5.73 Å². The van der Waals surface area contributed by atoms with Crippen molar-refractivity contribution in [2.24, 2.45) is 0 Å². The first-order chi connectivity index (χ1) is 17.8. The van der Waals surface area contributed by atoms with Crippen LogP contribution in [0.4, 0.5) is 5.69 Å². The Morgan fingerprint density at radius 3 is 2.31 bits per heavy atom. The van der Waals surface area contributed by atoms with Gasteiger partial charge >= 0.3 is 0 Å². The number of fused-ring (bicyclic) bond motifs is 5. The topological polar surface area (TPSA) is 51.8 Å². The third kappa shape index (κ3) is 4.40. The van der Waals surface area contributed by atoms with E-state index < -0.39 is 0 Å². The van der Waals surface area contributed by atoms with Gasteiger partial charge in [-0.3, -0.25) is 0 Å². The number of benzene rings is 4. The number of aromatic nitrogens is 2. The maximum Gasteiger partial charge on any atom is 0.0574 e. The van der Waals surface area contributed by atoms with Crippen LogP contribution in [0.3, 0.4) is 0 Å². The highest BCUT2D eigenvalue weighted by Gasteiger charge is 2.21. The molecule has 176 valence electrons. The molecule has 5 aromatic rings. The largest absolute Gasteiger partial charge is 0.399 e. The lowest BCUT2D eigenvalue weighted by atomic mass is 9.78. The fourth-order valence-electron chi connectivity index (χ4n) is 5.58. The Morgan fingerprint density at radius 1 is 0.722 bits per heavy atom. The molecule has 0 unspecified atom stereocenters. The maximum atomic E-state index is 6.00. The minimum atomic E-state index is 0.840. The molecule has 0 saturated carbocycles. The van der Waals surface area contributed by atoms with Gasteiger partial charge in [-0.25, -0.2) is 0 Å². The Hall–Kier alpha value is -4.24. The highest BCUT2D eigenvalue weighted by Crippen LogP contribution is 2.41. The average Bonchev–Trinajstić information content (AvgIpc) is 2.93. The number of nitrogen functional groups attached to an aromatic ring is 1. The lowest BCUT2D eigenvalue weighted by Gasteiger charge is -2.26. The van der Waals surface area contributed by atoms with Crippen LogP contribution in [0, 0.1) is 0 Å². The van der Waals surface area contributed by atoms with Crippen LogP contribution in [-0.4, -0.2) is 10.2 Å². The smallest absolute Gasteiger partial charge is 0.0574 e. The second-order valence-corrected chi connectivity index (χ2v) is 9.61. The number of anilines is 1. The lowest BCUT2D eigenvalue weighted by molar-refractivity contribution is 0.830. The zero-order valence-electron chi connectivity index (χ0n) is 20.3. The standard InChI is InChI=1S/C25H23N.C8H6N2/c26-21-9-3-5-17(16-21)15-20-8-4-7-19-12-13-23-22-10-2-1-6-18(22)11-14-24(23)25(19)20;1-2-4-8-6-10-9-5-7(8)3-1/h2-5,7-10,12-13,16H,1,6,11,14-15,26H2;1-6H. The summed E-state index contributed by atoms with van der Waals surface area (Å²) in [6.45, 7) is 0. The minimum absolute atomic E-state index is 0.840. The molecule has 1 heterocycles. The van der Waals surface area contributed by atoms with E-state index in [1.165, 1.54) is 57.9 Å². The van der Waals surface area contributed by atoms with Gasteiger partial charge < -0.3 is 5.73 Å². The van der Waals surface area contributed by atoms with Crippen molar-refractivity contribution in [2.45, 2.75) is 32.1 Å². The summed E-state index contributed by atoms with van der Waals surface area (Å²) in [5.41, 5.74) is 15.6. The van der Waals surface area contributed by atoms with E-state index in [1.54, 1.807) is 18.0 Å². The Kier molecular flexibility index (Phi) is 6.05. The van der Waals surface area contributed by atoms with Crippen LogP contribution in [-0.2, 0) is 12.8 Å². The molecule has 3 nitrogen and oxygen atoms in total. The van der Waals surface area contributed by atoms with E-state index in [-0.39, 0.29) is 0 Å². The molecule has 1 aromatic heterocycles. The van der Waals surface area contributed by atoms with Crippen molar-refractivity contribution in [3.63, 3.8) is 0 Å². The number of allylic oxidation sites excluding steroid dienone is 4. The fourth-order valence-corrected chi connectivity index (χ4v) is 5.58. The number of rotatable bonds is 2. The Balaban J connectivity index is 0.000000200. The van der Waals surface area contributed by atoms with Crippen LogP contribution in [0.25, 0.3) is 27.1 Å². The minimum Gasteiger partial charge on any atom is -0.399 e. The number of nitrogens with two attached hydrogens (primary N) is 1. The molecule has 7 rings (SSSR count). The molecule has 2 aliphatic carbocycles. The van der Waals surface area contributed by atoms with Crippen LogP contribution >= 0.6 is 0 Å². The molecule has 3 heteroatoms. The van der Waals surface area contributed by atoms with Crippen molar-refractivity contribution in [3.05, 3.63) is 131 Å². The Morgan fingerprint density at radius 2 is 1.50 bits per heavy atom. The first-order valence-corrected chi connectivity index (χ1v) is 12.7. The molecule has 0 aliphatic heterocycles. The van der Waals surface area contributed by atoms with Crippen molar-refractivity contribution in [1.82, 2.24) is 10.2 Å². The van der Waals surface area contributed by atoms with E-state index in [0.29, 0.717) is 0 Å². The van der Waals surface area contributed by atoms with Gasteiger partial charge in [-0.05, 0) is 82.8 Å². The number of hydrogen-bond donors (Lipinski definition) is 1. The summed E-state index contributed by atoms with van der Waals surface area (Å²) >= 11 is 0. The zero-order chi connectivity index (χ0) is 24.3. The van der Waals surface area contributed by atoms with Crippen molar-refractivity contribution >= 4 is 32.8 Å². The Bertz CT molecular complexity index is 1560. The molecule has 0 atom stereocenters. The normalized spacial score (nSPS) is 14.2. The summed E-state index contributed by atoms with van der Waals surface area (Å²) < 4.78 is 0. The van der Waals surface area contributed by atoms with Gasteiger partial charge in [-0.2, -0.15) is 10.2 Å². The van der Waals surface area contributed by atoms with E-state index in [9.17, 15) is 0 Å². The molecule has 2 aliphatic rings. The molecule has 0 saturated heterocycles. The maximum absolute atomic E-state index is 6.00. The molecule has 0 fully saturated rings. The van der Waals surface area contributed by atoms with Gasteiger partial charge in [0.05, 0.1) is 12.4 Å². The first kappa shape index (κ1) is 22.2. The molecule has 36 heavy (non-hydrogen) atoms. The van der Waals surface area contributed by atoms with Crippen molar-refractivity contribution in [2.75, 3.05) is 5.73 Å². The fraction of sp³-hybridized carbons (Fsp3) is 0.152. The monoisotopic (exact) mass is 467 g/mol. The van der Waals surface area contributed by atoms with Gasteiger partial charge in [0.2, 0.25) is 0 Å². The van der Waals surface area contributed by atoms with Gasteiger partial charge in [-0.15, -0.1) is 0 Å². The van der Waals surface area contributed by atoms with E-state index in [1.807, 2.05) is 30.3 Å². The van der Waals surface area contributed by atoms with Crippen molar-refractivity contribution < 1.29 is 0 Å². The van der Waals surface area contributed by atoms with Gasteiger partial charge in [0.25, 0.3) is 0 Å². The summed E-state index contributed by atoms with van der Waals surface area (Å²) in [6, 6.07) is 27.7. The molecular formula is C33H29N3. The van der Waals surface area contributed by atoms with E-state index in [2.05, 4.69) is 70.9 Å². The predicted octanol–water partition coefficient (Wildman–Crippen LogP) is 7.69. The zero-order valence-corrected chi connectivity index (χ0v) is 20.3. The number of nitrogens with zero attached hydrogens (tertiary/aromatic N) is 2. The highest BCUT2D eigenvalue weighted by atomic mass is 15.1. The second-order valence-electron chi connectivity index (χ2n) is 9.61.